The van der Waals surface area contributed by atoms with Crippen LogP contribution in [-0.2, 0) is 15.0 Å². The monoisotopic (exact) mass is 290 g/mol. The molecular formula is C18H26O3. The SMILES string of the molecule is CC.CC.C[C@@]1(c2ccccc2)CCC(=O)C=C1C(=O)O. The topological polar surface area (TPSA) is 54.4 Å². The summed E-state index contributed by atoms with van der Waals surface area (Å²) in [4.78, 5) is 22.6. The van der Waals surface area contributed by atoms with Gasteiger partial charge in [-0.15, -0.1) is 0 Å². The maximum absolute atomic E-state index is 11.4. The number of carboxylic acids is 1. The van der Waals surface area contributed by atoms with Gasteiger partial charge >= 0.3 is 5.97 Å². The Morgan fingerprint density at radius 3 is 2.10 bits per heavy atom. The van der Waals surface area contributed by atoms with Gasteiger partial charge in [0.15, 0.2) is 5.78 Å². The first-order valence-corrected chi connectivity index (χ1v) is 7.58. The van der Waals surface area contributed by atoms with Crippen LogP contribution in [0.15, 0.2) is 42.0 Å². The van der Waals surface area contributed by atoms with Crippen molar-refractivity contribution in [1.82, 2.24) is 0 Å². The number of rotatable bonds is 2. The highest BCUT2D eigenvalue weighted by Gasteiger charge is 2.38. The standard InChI is InChI=1S/C14H14O3.2C2H6/c1-14(10-5-3-2-4-6-10)8-7-11(15)9-12(14)13(16)17;2*1-2/h2-6,9H,7-8H2,1H3,(H,16,17);2*1-2H3/t14-;;/m0../s1. The molecule has 3 heteroatoms. The van der Waals surface area contributed by atoms with Gasteiger partial charge in [0.25, 0.3) is 0 Å². The number of allylic oxidation sites excluding steroid dienone is 1. The van der Waals surface area contributed by atoms with Crippen LogP contribution in [0, 0.1) is 0 Å². The second kappa shape index (κ2) is 9.11. The van der Waals surface area contributed by atoms with Crippen LogP contribution in [0.5, 0.6) is 0 Å². The van der Waals surface area contributed by atoms with E-state index in [9.17, 15) is 14.7 Å². The van der Waals surface area contributed by atoms with Crippen LogP contribution in [-0.4, -0.2) is 16.9 Å². The lowest BCUT2D eigenvalue weighted by Crippen LogP contribution is -2.33. The third kappa shape index (κ3) is 4.55. The average molecular weight is 290 g/mol. The normalized spacial score (nSPS) is 20.2. The average Bonchev–Trinajstić information content (AvgIpc) is 2.54. The molecule has 0 heterocycles. The van der Waals surface area contributed by atoms with E-state index < -0.39 is 11.4 Å². The van der Waals surface area contributed by atoms with Crippen LogP contribution in [0.1, 0.15) is 53.0 Å². The minimum absolute atomic E-state index is 0.101. The van der Waals surface area contributed by atoms with Gasteiger partial charge in [-0.25, -0.2) is 4.79 Å². The number of benzene rings is 1. The van der Waals surface area contributed by atoms with Crippen molar-refractivity contribution in [2.24, 2.45) is 0 Å². The van der Waals surface area contributed by atoms with Crippen LogP contribution in [0.25, 0.3) is 0 Å². The maximum atomic E-state index is 11.4. The summed E-state index contributed by atoms with van der Waals surface area (Å²) in [7, 11) is 0. The molecule has 1 aliphatic rings. The van der Waals surface area contributed by atoms with Crippen LogP contribution >= 0.6 is 0 Å². The van der Waals surface area contributed by atoms with E-state index in [0.29, 0.717) is 12.8 Å². The fraction of sp³-hybridized carbons (Fsp3) is 0.444. The van der Waals surface area contributed by atoms with E-state index in [-0.39, 0.29) is 11.4 Å². The predicted molar refractivity (Wildman–Crippen MR) is 86.4 cm³/mol. The largest absolute Gasteiger partial charge is 0.478 e. The highest BCUT2D eigenvalue weighted by atomic mass is 16.4. The fourth-order valence-corrected chi connectivity index (χ4v) is 2.30. The van der Waals surface area contributed by atoms with Gasteiger partial charge in [0, 0.05) is 11.8 Å². The van der Waals surface area contributed by atoms with Gasteiger partial charge in [-0.2, -0.15) is 0 Å². The van der Waals surface area contributed by atoms with E-state index in [1.807, 2.05) is 65.0 Å². The lowest BCUT2D eigenvalue weighted by atomic mass is 9.69. The van der Waals surface area contributed by atoms with Gasteiger partial charge in [-0.05, 0) is 18.1 Å². The van der Waals surface area contributed by atoms with E-state index in [2.05, 4.69) is 0 Å². The molecule has 1 N–H and O–H groups in total. The molecule has 0 fully saturated rings. The Kier molecular flexibility index (Phi) is 8.29. The molecule has 3 nitrogen and oxygen atoms in total. The van der Waals surface area contributed by atoms with Gasteiger partial charge < -0.3 is 5.11 Å². The molecule has 1 aromatic rings. The summed E-state index contributed by atoms with van der Waals surface area (Å²) in [6.45, 7) is 9.88. The Balaban J connectivity index is 0.000000921. The van der Waals surface area contributed by atoms with E-state index in [0.717, 1.165) is 5.56 Å². The zero-order valence-corrected chi connectivity index (χ0v) is 13.6. The first kappa shape index (κ1) is 19.1. The zero-order chi connectivity index (χ0) is 16.5. The molecule has 1 aromatic carbocycles. The van der Waals surface area contributed by atoms with Crippen molar-refractivity contribution in [3.63, 3.8) is 0 Å². The number of ketones is 1. The Bertz CT molecular complexity index is 488. The molecule has 0 aromatic heterocycles. The second-order valence-electron chi connectivity index (χ2n) is 4.53. The highest BCUT2D eigenvalue weighted by Crippen LogP contribution is 2.39. The van der Waals surface area contributed by atoms with Crippen molar-refractivity contribution in [2.45, 2.75) is 52.9 Å². The summed E-state index contributed by atoms with van der Waals surface area (Å²) < 4.78 is 0. The molecule has 1 atom stereocenters. The van der Waals surface area contributed by atoms with E-state index in [4.69, 9.17) is 0 Å². The number of aliphatic carboxylic acids is 1. The Hall–Kier alpha value is -1.90. The predicted octanol–water partition coefficient (Wildman–Crippen LogP) is 4.37. The van der Waals surface area contributed by atoms with Crippen LogP contribution in [0.3, 0.4) is 0 Å². The smallest absolute Gasteiger partial charge is 0.332 e. The summed E-state index contributed by atoms with van der Waals surface area (Å²) in [5, 5.41) is 9.23. The fourth-order valence-electron chi connectivity index (χ4n) is 2.30. The number of carbonyl (C=O) groups is 2. The molecule has 0 unspecified atom stereocenters. The van der Waals surface area contributed by atoms with Gasteiger partial charge in [-0.1, -0.05) is 65.0 Å². The Labute approximate surface area is 127 Å². The molecule has 2 rings (SSSR count). The quantitative estimate of drug-likeness (QED) is 0.880. The number of carboxylic acid groups (broad SMARTS) is 1. The lowest BCUT2D eigenvalue weighted by molar-refractivity contribution is -0.134. The first-order chi connectivity index (χ1) is 10.0. The molecule has 0 saturated heterocycles. The molecule has 116 valence electrons. The molecule has 0 bridgehead atoms. The molecule has 0 saturated carbocycles. The third-order valence-electron chi connectivity index (χ3n) is 3.41. The minimum Gasteiger partial charge on any atom is -0.478 e. The van der Waals surface area contributed by atoms with Gasteiger partial charge in [0.2, 0.25) is 0 Å². The van der Waals surface area contributed by atoms with E-state index >= 15 is 0 Å². The second-order valence-corrected chi connectivity index (χ2v) is 4.53. The van der Waals surface area contributed by atoms with Crippen molar-refractivity contribution in [1.29, 1.82) is 0 Å². The molecule has 0 radical (unpaired) electrons. The zero-order valence-electron chi connectivity index (χ0n) is 13.6. The Morgan fingerprint density at radius 2 is 1.62 bits per heavy atom. The molecule has 1 aliphatic carbocycles. The van der Waals surface area contributed by atoms with Crippen LogP contribution < -0.4 is 0 Å². The maximum Gasteiger partial charge on any atom is 0.332 e. The summed E-state index contributed by atoms with van der Waals surface area (Å²) in [6.07, 6.45) is 2.23. The van der Waals surface area contributed by atoms with E-state index in [1.54, 1.807) is 0 Å². The van der Waals surface area contributed by atoms with Crippen molar-refractivity contribution in [3.8, 4) is 0 Å². The lowest BCUT2D eigenvalue weighted by Gasteiger charge is -2.33. The van der Waals surface area contributed by atoms with Gasteiger partial charge in [0.1, 0.15) is 0 Å². The molecule has 21 heavy (non-hydrogen) atoms. The minimum atomic E-state index is -1.01. The van der Waals surface area contributed by atoms with Crippen molar-refractivity contribution in [3.05, 3.63) is 47.5 Å². The molecule has 0 amide bonds. The van der Waals surface area contributed by atoms with E-state index in [1.165, 1.54) is 6.08 Å². The highest BCUT2D eigenvalue weighted by molar-refractivity contribution is 6.02. The first-order valence-electron chi connectivity index (χ1n) is 7.58. The van der Waals surface area contributed by atoms with Crippen molar-refractivity contribution in [2.75, 3.05) is 0 Å². The summed E-state index contributed by atoms with van der Waals surface area (Å²) >= 11 is 0. The van der Waals surface area contributed by atoms with Crippen LogP contribution in [0.2, 0.25) is 0 Å². The third-order valence-corrected chi connectivity index (χ3v) is 3.41. The summed E-state index contributed by atoms with van der Waals surface area (Å²) in [5.74, 6) is -1.11. The summed E-state index contributed by atoms with van der Waals surface area (Å²) in [6, 6.07) is 9.48. The van der Waals surface area contributed by atoms with Crippen molar-refractivity contribution >= 4 is 11.8 Å². The molecule has 0 aliphatic heterocycles. The Morgan fingerprint density at radius 1 is 1.10 bits per heavy atom. The number of hydrogen-bond donors (Lipinski definition) is 1. The number of hydrogen-bond acceptors (Lipinski definition) is 2. The van der Waals surface area contributed by atoms with Crippen LogP contribution in [0.4, 0.5) is 0 Å². The van der Waals surface area contributed by atoms with Crippen molar-refractivity contribution < 1.29 is 14.7 Å². The molecule has 0 spiro atoms. The summed E-state index contributed by atoms with van der Waals surface area (Å²) in [5.41, 5.74) is 0.571. The molecular weight excluding hydrogens is 264 g/mol. The van der Waals surface area contributed by atoms with Gasteiger partial charge in [-0.3, -0.25) is 4.79 Å². The number of carbonyl (C=O) groups excluding carboxylic acids is 1. The van der Waals surface area contributed by atoms with Gasteiger partial charge in [0.05, 0.1) is 5.57 Å².